The highest BCUT2D eigenvalue weighted by molar-refractivity contribution is 5.90. The van der Waals surface area contributed by atoms with Crippen molar-refractivity contribution in [3.05, 3.63) is 29.8 Å². The summed E-state index contributed by atoms with van der Waals surface area (Å²) in [5.41, 5.74) is 2.29. The highest BCUT2D eigenvalue weighted by Gasteiger charge is 2.34. The molecule has 2 bridgehead atoms. The molecule has 1 amide bonds. The molecule has 0 spiro atoms. The molecule has 0 saturated carbocycles. The molecular weight excluding hydrogens is 308 g/mol. The maximum atomic E-state index is 12.2. The topological polar surface area (TPSA) is 41.1 Å². The normalized spacial score (nSPS) is 25.7. The Morgan fingerprint density at radius 1 is 1.17 bits per heavy atom. The predicted molar refractivity (Wildman–Crippen MR) is 98.2 cm³/mol. The number of hydrogen-bond acceptors (Lipinski definition) is 2. The third-order valence-electron chi connectivity index (χ3n) is 5.10. The lowest BCUT2D eigenvalue weighted by atomic mass is 9.89. The molecule has 3 rings (SSSR count). The van der Waals surface area contributed by atoms with Crippen LogP contribution in [0.15, 0.2) is 24.3 Å². The molecule has 0 aliphatic carbocycles. The van der Waals surface area contributed by atoms with Gasteiger partial charge in [-0.15, -0.1) is 12.4 Å². The summed E-state index contributed by atoms with van der Waals surface area (Å²) in [5.74, 6) is 0.732. The van der Waals surface area contributed by atoms with Crippen LogP contribution in [-0.2, 0) is 11.2 Å². The van der Waals surface area contributed by atoms with Crippen LogP contribution in [0.4, 0.5) is 5.69 Å². The molecule has 0 aromatic heterocycles. The van der Waals surface area contributed by atoms with E-state index in [4.69, 9.17) is 0 Å². The van der Waals surface area contributed by atoms with Crippen molar-refractivity contribution in [2.24, 2.45) is 5.92 Å². The summed E-state index contributed by atoms with van der Waals surface area (Å²) in [5, 5.41) is 6.70. The SMILES string of the molecule is CCCCc1ccc(NC(=O)CC2CC3CCC(C2)N3)cc1.Cl. The molecule has 3 nitrogen and oxygen atoms in total. The van der Waals surface area contributed by atoms with E-state index in [0.717, 1.165) is 12.1 Å². The first-order valence-corrected chi connectivity index (χ1v) is 8.87. The Bertz CT molecular complexity index is 491. The second-order valence-electron chi connectivity index (χ2n) is 7.03. The van der Waals surface area contributed by atoms with Crippen molar-refractivity contribution in [3.63, 3.8) is 0 Å². The number of amides is 1. The van der Waals surface area contributed by atoms with Gasteiger partial charge in [0.15, 0.2) is 0 Å². The number of hydrogen-bond donors (Lipinski definition) is 2. The molecule has 4 heteroatoms. The Balaban J connectivity index is 0.00000192. The fraction of sp³-hybridized carbons (Fsp3) is 0.632. The third kappa shape index (κ3) is 5.22. The number of fused-ring (bicyclic) bond motifs is 2. The Morgan fingerprint density at radius 2 is 1.83 bits per heavy atom. The number of rotatable bonds is 6. The fourth-order valence-corrected chi connectivity index (χ4v) is 3.95. The molecule has 1 aromatic rings. The summed E-state index contributed by atoms with van der Waals surface area (Å²) in [6, 6.07) is 9.67. The van der Waals surface area contributed by atoms with Crippen molar-refractivity contribution in [2.75, 3.05) is 5.32 Å². The Labute approximate surface area is 146 Å². The van der Waals surface area contributed by atoms with Gasteiger partial charge in [0.25, 0.3) is 0 Å². The van der Waals surface area contributed by atoms with Gasteiger partial charge in [0.2, 0.25) is 5.91 Å². The molecule has 2 N–H and O–H groups in total. The van der Waals surface area contributed by atoms with Crippen LogP contribution >= 0.6 is 12.4 Å². The minimum Gasteiger partial charge on any atom is -0.326 e. The maximum Gasteiger partial charge on any atom is 0.224 e. The zero-order valence-corrected chi connectivity index (χ0v) is 14.8. The number of carbonyl (C=O) groups excluding carboxylic acids is 1. The molecular formula is C19H29ClN2O. The smallest absolute Gasteiger partial charge is 0.224 e. The molecule has 2 fully saturated rings. The van der Waals surface area contributed by atoms with Gasteiger partial charge in [-0.3, -0.25) is 4.79 Å². The number of unbranched alkanes of at least 4 members (excludes halogenated alkanes) is 1. The van der Waals surface area contributed by atoms with E-state index in [-0.39, 0.29) is 18.3 Å². The molecule has 1 aromatic carbocycles. The van der Waals surface area contributed by atoms with Crippen molar-refractivity contribution in [2.45, 2.75) is 70.4 Å². The average Bonchev–Trinajstić information content (AvgIpc) is 2.85. The number of carbonyl (C=O) groups is 1. The van der Waals surface area contributed by atoms with Gasteiger partial charge in [-0.25, -0.2) is 0 Å². The van der Waals surface area contributed by atoms with Crippen LogP contribution in [0.5, 0.6) is 0 Å². The number of aryl methyl sites for hydroxylation is 1. The second kappa shape index (κ2) is 8.70. The largest absolute Gasteiger partial charge is 0.326 e. The highest BCUT2D eigenvalue weighted by atomic mass is 35.5. The first kappa shape index (κ1) is 18.3. The molecule has 128 valence electrons. The Hall–Kier alpha value is -1.06. The van der Waals surface area contributed by atoms with Gasteiger partial charge in [0.05, 0.1) is 0 Å². The summed E-state index contributed by atoms with van der Waals surface area (Å²) in [6.07, 6.45) is 9.17. The van der Waals surface area contributed by atoms with Crippen LogP contribution in [0.1, 0.15) is 57.4 Å². The molecule has 0 radical (unpaired) electrons. The second-order valence-corrected chi connectivity index (χ2v) is 7.03. The third-order valence-corrected chi connectivity index (χ3v) is 5.10. The molecule has 2 atom stereocenters. The van der Waals surface area contributed by atoms with E-state index >= 15 is 0 Å². The number of nitrogens with one attached hydrogen (secondary N) is 2. The van der Waals surface area contributed by atoms with E-state index in [1.54, 1.807) is 0 Å². The zero-order valence-electron chi connectivity index (χ0n) is 14.0. The Morgan fingerprint density at radius 3 is 2.43 bits per heavy atom. The fourth-order valence-electron chi connectivity index (χ4n) is 3.95. The summed E-state index contributed by atoms with van der Waals surface area (Å²) >= 11 is 0. The average molecular weight is 337 g/mol. The number of anilines is 1. The van der Waals surface area contributed by atoms with Crippen LogP contribution in [-0.4, -0.2) is 18.0 Å². The Kier molecular flexibility index (Phi) is 6.91. The molecule has 2 aliphatic rings. The zero-order chi connectivity index (χ0) is 15.4. The molecule has 2 saturated heterocycles. The quantitative estimate of drug-likeness (QED) is 0.812. The van der Waals surface area contributed by atoms with Gasteiger partial charge in [0.1, 0.15) is 0 Å². The van der Waals surface area contributed by atoms with Crippen LogP contribution in [0.2, 0.25) is 0 Å². The monoisotopic (exact) mass is 336 g/mol. The van der Waals surface area contributed by atoms with Gasteiger partial charge in [-0.2, -0.15) is 0 Å². The van der Waals surface area contributed by atoms with Crippen molar-refractivity contribution < 1.29 is 4.79 Å². The minimum atomic E-state index is 0. The summed E-state index contributed by atoms with van der Waals surface area (Å²) in [6.45, 7) is 2.21. The van der Waals surface area contributed by atoms with Crippen LogP contribution in [0.25, 0.3) is 0 Å². The standard InChI is InChI=1S/C19H28N2O.ClH/c1-2-3-4-14-5-7-16(8-6-14)21-19(22)13-15-11-17-9-10-18(12-15)20-17;/h5-8,15,17-18,20H,2-4,9-13H2,1H3,(H,21,22);1H. The molecule has 23 heavy (non-hydrogen) atoms. The van der Waals surface area contributed by atoms with Gasteiger partial charge in [0, 0.05) is 24.2 Å². The van der Waals surface area contributed by atoms with Crippen molar-refractivity contribution in [3.8, 4) is 0 Å². The van der Waals surface area contributed by atoms with E-state index in [2.05, 4.69) is 29.7 Å². The predicted octanol–water partition coefficient (Wildman–Crippen LogP) is 4.31. The van der Waals surface area contributed by atoms with E-state index in [0.29, 0.717) is 24.4 Å². The highest BCUT2D eigenvalue weighted by Crippen LogP contribution is 2.32. The van der Waals surface area contributed by atoms with E-state index < -0.39 is 0 Å². The van der Waals surface area contributed by atoms with Crippen molar-refractivity contribution in [1.82, 2.24) is 5.32 Å². The van der Waals surface area contributed by atoms with E-state index in [9.17, 15) is 4.79 Å². The number of benzene rings is 1. The lowest BCUT2D eigenvalue weighted by molar-refractivity contribution is -0.117. The van der Waals surface area contributed by atoms with Gasteiger partial charge in [-0.1, -0.05) is 25.5 Å². The molecule has 2 unspecified atom stereocenters. The van der Waals surface area contributed by atoms with Crippen LogP contribution in [0, 0.1) is 5.92 Å². The van der Waals surface area contributed by atoms with E-state index in [1.165, 1.54) is 44.1 Å². The van der Waals surface area contributed by atoms with Gasteiger partial charge in [-0.05, 0) is 62.1 Å². The molecule has 2 heterocycles. The van der Waals surface area contributed by atoms with E-state index in [1.807, 2.05) is 12.1 Å². The minimum absolute atomic E-state index is 0. The lowest BCUT2D eigenvalue weighted by Crippen LogP contribution is -2.39. The lowest BCUT2D eigenvalue weighted by Gasteiger charge is -2.28. The van der Waals surface area contributed by atoms with Gasteiger partial charge >= 0.3 is 0 Å². The van der Waals surface area contributed by atoms with Crippen LogP contribution < -0.4 is 10.6 Å². The van der Waals surface area contributed by atoms with Gasteiger partial charge < -0.3 is 10.6 Å². The summed E-state index contributed by atoms with van der Waals surface area (Å²) in [7, 11) is 0. The summed E-state index contributed by atoms with van der Waals surface area (Å²) in [4.78, 5) is 12.2. The molecule has 2 aliphatic heterocycles. The van der Waals surface area contributed by atoms with Crippen LogP contribution in [0.3, 0.4) is 0 Å². The first-order chi connectivity index (χ1) is 10.7. The first-order valence-electron chi connectivity index (χ1n) is 8.87. The van der Waals surface area contributed by atoms with Crippen molar-refractivity contribution >= 4 is 24.0 Å². The number of halogens is 1. The summed E-state index contributed by atoms with van der Waals surface area (Å²) < 4.78 is 0. The maximum absolute atomic E-state index is 12.2. The van der Waals surface area contributed by atoms with Crippen molar-refractivity contribution in [1.29, 1.82) is 0 Å². The number of piperidine rings is 1.